The zero-order valence-electron chi connectivity index (χ0n) is 10.7. The van der Waals surface area contributed by atoms with Crippen molar-refractivity contribution in [3.05, 3.63) is 17.5 Å². The Morgan fingerprint density at radius 3 is 3.00 bits per heavy atom. The van der Waals surface area contributed by atoms with E-state index in [0.29, 0.717) is 0 Å². The van der Waals surface area contributed by atoms with Crippen LogP contribution < -0.4 is 5.32 Å². The Labute approximate surface area is 108 Å². The molecule has 0 aliphatic rings. The van der Waals surface area contributed by atoms with E-state index < -0.39 is 0 Å². The van der Waals surface area contributed by atoms with Gasteiger partial charge in [-0.25, -0.2) is 0 Å². The average molecular weight is 251 g/mol. The Hall–Kier alpha value is -0.920. The van der Waals surface area contributed by atoms with Crippen LogP contribution in [-0.2, 0) is 19.5 Å². The molecule has 0 radical (unpaired) electrons. The summed E-state index contributed by atoms with van der Waals surface area (Å²) in [5.41, 5.74) is 2.44. The molecule has 0 saturated heterocycles. The van der Waals surface area contributed by atoms with Crippen LogP contribution in [0.25, 0.3) is 0 Å². The minimum absolute atomic E-state index is 0.800. The van der Waals surface area contributed by atoms with Crippen molar-refractivity contribution in [2.75, 3.05) is 18.1 Å². The number of hydrogen-bond donors (Lipinski definition) is 1. The summed E-state index contributed by atoms with van der Waals surface area (Å²) in [6.45, 7) is 7.07. The number of hydrogen-bond acceptors (Lipinski definition) is 3. The van der Waals surface area contributed by atoms with Gasteiger partial charge in [0.25, 0.3) is 0 Å². The van der Waals surface area contributed by atoms with Gasteiger partial charge in [-0.2, -0.15) is 5.10 Å². The van der Waals surface area contributed by atoms with Crippen molar-refractivity contribution in [2.45, 2.75) is 33.4 Å². The number of terminal acetylenes is 1. The van der Waals surface area contributed by atoms with Gasteiger partial charge in [-0.3, -0.25) is 4.68 Å². The first kappa shape index (κ1) is 14.1. The average Bonchev–Trinajstić information content (AvgIpc) is 2.76. The molecule has 3 nitrogen and oxygen atoms in total. The molecule has 4 heteroatoms. The first-order valence-corrected chi connectivity index (χ1v) is 7.24. The van der Waals surface area contributed by atoms with Crippen LogP contribution in [0.4, 0.5) is 0 Å². The van der Waals surface area contributed by atoms with Gasteiger partial charge in [-0.05, 0) is 19.4 Å². The number of aromatic nitrogens is 2. The van der Waals surface area contributed by atoms with Crippen LogP contribution in [0.5, 0.6) is 0 Å². The summed E-state index contributed by atoms with van der Waals surface area (Å²) >= 11 is 1.79. The molecule has 94 valence electrons. The van der Waals surface area contributed by atoms with Crippen LogP contribution in [0.15, 0.2) is 6.07 Å². The standard InChI is InChI=1S/C13H21N3S/c1-4-8-17-9-7-14-11-13-10-12(5-2)15-16(13)6-3/h1,10,14H,5-9,11H2,2-3H3. The first-order chi connectivity index (χ1) is 8.31. The van der Waals surface area contributed by atoms with Crippen molar-refractivity contribution < 1.29 is 0 Å². The van der Waals surface area contributed by atoms with Gasteiger partial charge < -0.3 is 5.32 Å². The molecule has 0 amide bonds. The molecule has 0 aliphatic carbocycles. The van der Waals surface area contributed by atoms with Crippen LogP contribution in [0.1, 0.15) is 25.2 Å². The lowest BCUT2D eigenvalue weighted by molar-refractivity contribution is 0.586. The van der Waals surface area contributed by atoms with E-state index in [1.54, 1.807) is 11.8 Å². The minimum Gasteiger partial charge on any atom is -0.310 e. The smallest absolute Gasteiger partial charge is 0.0625 e. The molecular weight excluding hydrogens is 230 g/mol. The SMILES string of the molecule is C#CCSCCNCc1cc(CC)nn1CC. The number of rotatable bonds is 8. The molecule has 0 aromatic carbocycles. The molecule has 0 saturated carbocycles. The van der Waals surface area contributed by atoms with E-state index in [1.807, 2.05) is 0 Å². The van der Waals surface area contributed by atoms with Crippen molar-refractivity contribution in [3.8, 4) is 12.3 Å². The summed E-state index contributed by atoms with van der Waals surface area (Å²) in [5.74, 6) is 4.49. The molecule has 0 aliphatic heterocycles. The second-order valence-electron chi connectivity index (χ2n) is 3.73. The van der Waals surface area contributed by atoms with Gasteiger partial charge in [0.1, 0.15) is 0 Å². The van der Waals surface area contributed by atoms with Crippen LogP contribution in [0, 0.1) is 12.3 Å². The Morgan fingerprint density at radius 2 is 2.35 bits per heavy atom. The highest BCUT2D eigenvalue weighted by Crippen LogP contribution is 2.05. The largest absolute Gasteiger partial charge is 0.310 e. The summed E-state index contributed by atoms with van der Waals surface area (Å²) < 4.78 is 2.07. The fourth-order valence-electron chi connectivity index (χ4n) is 1.60. The molecule has 1 heterocycles. The van der Waals surface area contributed by atoms with E-state index in [1.165, 1.54) is 11.4 Å². The topological polar surface area (TPSA) is 29.9 Å². The maximum Gasteiger partial charge on any atom is 0.0625 e. The van der Waals surface area contributed by atoms with E-state index in [-0.39, 0.29) is 0 Å². The lowest BCUT2D eigenvalue weighted by atomic mass is 10.3. The molecule has 0 unspecified atom stereocenters. The monoisotopic (exact) mass is 251 g/mol. The number of aryl methyl sites for hydroxylation is 2. The zero-order chi connectivity index (χ0) is 12.5. The summed E-state index contributed by atoms with van der Waals surface area (Å²) in [6, 6.07) is 2.19. The molecule has 1 aromatic rings. The highest BCUT2D eigenvalue weighted by atomic mass is 32.2. The van der Waals surface area contributed by atoms with Gasteiger partial charge in [0.2, 0.25) is 0 Å². The summed E-state index contributed by atoms with van der Waals surface area (Å²) in [4.78, 5) is 0. The minimum atomic E-state index is 0.800. The van der Waals surface area contributed by atoms with E-state index in [4.69, 9.17) is 6.42 Å². The maximum atomic E-state index is 5.19. The third-order valence-electron chi connectivity index (χ3n) is 2.49. The van der Waals surface area contributed by atoms with Gasteiger partial charge in [0.15, 0.2) is 0 Å². The van der Waals surface area contributed by atoms with Crippen molar-refractivity contribution in [3.63, 3.8) is 0 Å². The fraction of sp³-hybridized carbons (Fsp3) is 0.615. The lowest BCUT2D eigenvalue weighted by Gasteiger charge is -2.05. The summed E-state index contributed by atoms with van der Waals surface area (Å²) in [6.07, 6.45) is 6.19. The molecule has 1 rings (SSSR count). The second-order valence-corrected chi connectivity index (χ2v) is 4.83. The van der Waals surface area contributed by atoms with Crippen LogP contribution >= 0.6 is 11.8 Å². The summed E-state index contributed by atoms with van der Waals surface area (Å²) in [7, 11) is 0. The molecule has 0 fully saturated rings. The van der Waals surface area contributed by atoms with Gasteiger partial charge in [-0.1, -0.05) is 12.8 Å². The van der Waals surface area contributed by atoms with Gasteiger partial charge in [0.05, 0.1) is 17.1 Å². The molecule has 0 bridgehead atoms. The predicted octanol–water partition coefficient (Wildman–Crippen LogP) is 1.92. The quantitative estimate of drug-likeness (QED) is 0.565. The van der Waals surface area contributed by atoms with E-state index in [2.05, 4.69) is 40.9 Å². The van der Waals surface area contributed by atoms with Crippen molar-refractivity contribution in [2.24, 2.45) is 0 Å². The molecule has 0 atom stereocenters. The lowest BCUT2D eigenvalue weighted by Crippen LogP contribution is -2.19. The normalized spacial score (nSPS) is 10.4. The number of thioether (sulfide) groups is 1. The van der Waals surface area contributed by atoms with Gasteiger partial charge in [0, 0.05) is 25.4 Å². The molecular formula is C13H21N3S. The van der Waals surface area contributed by atoms with E-state index in [9.17, 15) is 0 Å². The molecule has 17 heavy (non-hydrogen) atoms. The van der Waals surface area contributed by atoms with Crippen molar-refractivity contribution >= 4 is 11.8 Å². The predicted molar refractivity (Wildman–Crippen MR) is 75.1 cm³/mol. The third kappa shape index (κ3) is 4.84. The molecule has 0 spiro atoms. The fourth-order valence-corrected chi connectivity index (χ4v) is 2.15. The highest BCUT2D eigenvalue weighted by Gasteiger charge is 2.04. The zero-order valence-corrected chi connectivity index (χ0v) is 11.5. The third-order valence-corrected chi connectivity index (χ3v) is 3.35. The number of nitrogens with one attached hydrogen (secondary N) is 1. The molecule has 1 aromatic heterocycles. The van der Waals surface area contributed by atoms with E-state index >= 15 is 0 Å². The Kier molecular flexibility index (Phi) is 6.83. The highest BCUT2D eigenvalue weighted by molar-refractivity contribution is 7.99. The second kappa shape index (κ2) is 8.21. The summed E-state index contributed by atoms with van der Waals surface area (Å²) in [5, 5.41) is 7.94. The van der Waals surface area contributed by atoms with Gasteiger partial charge in [-0.15, -0.1) is 18.2 Å². The Balaban J connectivity index is 2.30. The Bertz CT molecular complexity index is 365. The maximum absolute atomic E-state index is 5.19. The van der Waals surface area contributed by atoms with E-state index in [0.717, 1.165) is 37.6 Å². The van der Waals surface area contributed by atoms with Crippen LogP contribution in [0.2, 0.25) is 0 Å². The Morgan fingerprint density at radius 1 is 1.53 bits per heavy atom. The van der Waals surface area contributed by atoms with Crippen LogP contribution in [-0.4, -0.2) is 27.8 Å². The van der Waals surface area contributed by atoms with Crippen LogP contribution in [0.3, 0.4) is 0 Å². The van der Waals surface area contributed by atoms with Crippen molar-refractivity contribution in [1.82, 2.24) is 15.1 Å². The number of nitrogens with zero attached hydrogens (tertiary/aromatic N) is 2. The molecule has 1 N–H and O–H groups in total. The van der Waals surface area contributed by atoms with Crippen molar-refractivity contribution in [1.29, 1.82) is 0 Å². The van der Waals surface area contributed by atoms with Gasteiger partial charge >= 0.3 is 0 Å². The first-order valence-electron chi connectivity index (χ1n) is 6.09.